The average molecular weight is 342 g/mol. The van der Waals surface area contributed by atoms with Crippen molar-refractivity contribution < 1.29 is 14.3 Å². The molecule has 0 spiro atoms. The fourth-order valence-corrected chi connectivity index (χ4v) is 3.56. The third kappa shape index (κ3) is 3.82. The van der Waals surface area contributed by atoms with Crippen molar-refractivity contribution in [2.24, 2.45) is 0 Å². The highest BCUT2D eigenvalue weighted by molar-refractivity contribution is 5.92. The van der Waals surface area contributed by atoms with Gasteiger partial charge in [-0.15, -0.1) is 0 Å². The molecule has 3 rings (SSSR count). The Morgan fingerprint density at radius 2 is 1.88 bits per heavy atom. The van der Waals surface area contributed by atoms with E-state index in [4.69, 9.17) is 0 Å². The number of carbonyl (C=O) groups is 1. The number of nitrogens with zero attached hydrogens (tertiary/aromatic N) is 2. The van der Waals surface area contributed by atoms with Crippen LogP contribution in [-0.4, -0.2) is 42.3 Å². The first-order valence-corrected chi connectivity index (χ1v) is 8.62. The maximum atomic E-state index is 14.2. The zero-order valence-corrected chi connectivity index (χ0v) is 14.4. The Morgan fingerprint density at radius 1 is 1.20 bits per heavy atom. The predicted octanol–water partition coefficient (Wildman–Crippen LogP) is 4.46. The van der Waals surface area contributed by atoms with Crippen LogP contribution in [0.3, 0.4) is 0 Å². The largest absolute Gasteiger partial charge is 0.465 e. The molecule has 25 heavy (non-hydrogen) atoms. The summed E-state index contributed by atoms with van der Waals surface area (Å²) in [6.45, 7) is 1.46. The molecule has 1 saturated heterocycles. The zero-order chi connectivity index (χ0) is 17.8. The Kier molecular flexibility index (Phi) is 5.34. The summed E-state index contributed by atoms with van der Waals surface area (Å²) < 4.78 is 14.2. The Morgan fingerprint density at radius 3 is 2.52 bits per heavy atom. The van der Waals surface area contributed by atoms with Gasteiger partial charge in [-0.1, -0.05) is 36.4 Å². The molecule has 1 amide bonds. The second-order valence-electron chi connectivity index (χ2n) is 6.50. The van der Waals surface area contributed by atoms with Gasteiger partial charge in [0.05, 0.1) is 5.69 Å². The van der Waals surface area contributed by atoms with E-state index in [9.17, 15) is 14.3 Å². The average Bonchev–Trinajstić information content (AvgIpc) is 3.01. The molecule has 4 nitrogen and oxygen atoms in total. The summed E-state index contributed by atoms with van der Waals surface area (Å²) in [5, 5.41) is 9.73. The molecule has 1 N–H and O–H groups in total. The molecule has 2 aromatic rings. The summed E-state index contributed by atoms with van der Waals surface area (Å²) in [4.78, 5) is 15.5. The van der Waals surface area contributed by atoms with Crippen LogP contribution in [-0.2, 0) is 0 Å². The summed E-state index contributed by atoms with van der Waals surface area (Å²) in [6, 6.07) is 14.0. The Labute approximate surface area is 147 Å². The number of halogens is 1. The van der Waals surface area contributed by atoms with Gasteiger partial charge in [0.1, 0.15) is 5.82 Å². The summed E-state index contributed by atoms with van der Waals surface area (Å²) in [6.07, 6.45) is 2.01. The van der Waals surface area contributed by atoms with Crippen LogP contribution >= 0.6 is 0 Å². The van der Waals surface area contributed by atoms with Gasteiger partial charge < -0.3 is 10.0 Å². The number of amides is 1. The molecular formula is C20H23FN2O2. The molecule has 1 unspecified atom stereocenters. The van der Waals surface area contributed by atoms with Crippen LogP contribution in [0.15, 0.2) is 48.5 Å². The maximum Gasteiger partial charge on any atom is 0.411 e. The van der Waals surface area contributed by atoms with Crippen LogP contribution in [0.2, 0.25) is 0 Å². The van der Waals surface area contributed by atoms with E-state index >= 15 is 0 Å². The molecule has 0 radical (unpaired) electrons. The Bertz CT molecular complexity index is 750. The molecule has 0 bridgehead atoms. The molecule has 0 aliphatic carbocycles. The van der Waals surface area contributed by atoms with E-state index in [1.54, 1.807) is 42.5 Å². The molecule has 2 aromatic carbocycles. The number of likely N-dealkylation sites (tertiary alicyclic amines) is 1. The monoisotopic (exact) mass is 342 g/mol. The van der Waals surface area contributed by atoms with Crippen LogP contribution in [0.25, 0.3) is 11.1 Å². The minimum atomic E-state index is -1.01. The van der Waals surface area contributed by atoms with Gasteiger partial charge in [-0.2, -0.15) is 0 Å². The number of benzene rings is 2. The maximum absolute atomic E-state index is 14.2. The van der Waals surface area contributed by atoms with Crippen molar-refractivity contribution >= 4 is 11.8 Å². The lowest BCUT2D eigenvalue weighted by atomic mass is 10.0. The SMILES string of the molecule is CN1CCCC1CCN(C(=O)O)c1ccccc1-c1ccccc1F. The minimum Gasteiger partial charge on any atom is -0.465 e. The third-order valence-corrected chi connectivity index (χ3v) is 4.95. The summed E-state index contributed by atoms with van der Waals surface area (Å²) in [5.74, 6) is -0.351. The van der Waals surface area contributed by atoms with Crippen molar-refractivity contribution in [2.75, 3.05) is 25.0 Å². The quantitative estimate of drug-likeness (QED) is 0.872. The van der Waals surface area contributed by atoms with Gasteiger partial charge in [-0.05, 0) is 45.0 Å². The van der Waals surface area contributed by atoms with Crippen molar-refractivity contribution in [1.82, 2.24) is 4.90 Å². The van der Waals surface area contributed by atoms with E-state index in [1.807, 2.05) is 0 Å². The van der Waals surface area contributed by atoms with Gasteiger partial charge in [0.25, 0.3) is 0 Å². The van der Waals surface area contributed by atoms with E-state index in [-0.39, 0.29) is 5.82 Å². The van der Waals surface area contributed by atoms with Crippen LogP contribution in [0.4, 0.5) is 14.9 Å². The van der Waals surface area contributed by atoms with Gasteiger partial charge >= 0.3 is 6.09 Å². The lowest BCUT2D eigenvalue weighted by molar-refractivity contribution is 0.200. The minimum absolute atomic E-state index is 0.351. The molecule has 1 aliphatic heterocycles. The standard InChI is InChI=1S/C20H23FN2O2/c1-22-13-6-7-15(22)12-14-23(20(24)25)19-11-5-3-9-17(19)16-8-2-4-10-18(16)21/h2-5,8-11,15H,6-7,12-14H2,1H3,(H,24,25). The van der Waals surface area contributed by atoms with Crippen molar-refractivity contribution in [3.8, 4) is 11.1 Å². The number of hydrogen-bond acceptors (Lipinski definition) is 2. The van der Waals surface area contributed by atoms with E-state index in [2.05, 4.69) is 11.9 Å². The first-order valence-electron chi connectivity index (χ1n) is 8.62. The number of anilines is 1. The number of carboxylic acid groups (broad SMARTS) is 1. The highest BCUT2D eigenvalue weighted by atomic mass is 19.1. The molecule has 1 aliphatic rings. The second-order valence-corrected chi connectivity index (χ2v) is 6.50. The van der Waals surface area contributed by atoms with Gasteiger partial charge in [-0.25, -0.2) is 9.18 Å². The number of hydrogen-bond donors (Lipinski definition) is 1. The van der Waals surface area contributed by atoms with E-state index in [1.165, 1.54) is 11.0 Å². The smallest absolute Gasteiger partial charge is 0.411 e. The van der Waals surface area contributed by atoms with Crippen LogP contribution in [0.1, 0.15) is 19.3 Å². The number of rotatable bonds is 5. The van der Waals surface area contributed by atoms with Gasteiger partial charge in [0.15, 0.2) is 0 Å². The molecule has 1 fully saturated rings. The molecule has 1 heterocycles. The first kappa shape index (κ1) is 17.4. The van der Waals surface area contributed by atoms with Gasteiger partial charge in [0, 0.05) is 23.7 Å². The van der Waals surface area contributed by atoms with E-state index in [0.29, 0.717) is 29.4 Å². The molecule has 0 aromatic heterocycles. The molecule has 1 atom stereocenters. The highest BCUT2D eigenvalue weighted by Crippen LogP contribution is 2.33. The molecule has 0 saturated carbocycles. The highest BCUT2D eigenvalue weighted by Gasteiger charge is 2.25. The molecule has 132 valence electrons. The third-order valence-electron chi connectivity index (χ3n) is 4.95. The summed E-state index contributed by atoms with van der Waals surface area (Å²) >= 11 is 0. The lowest BCUT2D eigenvalue weighted by Crippen LogP contribution is -2.35. The van der Waals surface area contributed by atoms with Gasteiger partial charge in [-0.3, -0.25) is 4.90 Å². The number of para-hydroxylation sites is 1. The summed E-state index contributed by atoms with van der Waals surface area (Å²) in [7, 11) is 2.08. The predicted molar refractivity (Wildman–Crippen MR) is 97.5 cm³/mol. The molecular weight excluding hydrogens is 319 g/mol. The normalized spacial score (nSPS) is 17.6. The second kappa shape index (κ2) is 7.66. The van der Waals surface area contributed by atoms with Crippen molar-refractivity contribution in [2.45, 2.75) is 25.3 Å². The van der Waals surface area contributed by atoms with E-state index in [0.717, 1.165) is 25.8 Å². The van der Waals surface area contributed by atoms with Gasteiger partial charge in [0.2, 0.25) is 0 Å². The first-order chi connectivity index (χ1) is 12.1. The zero-order valence-electron chi connectivity index (χ0n) is 14.4. The topological polar surface area (TPSA) is 43.8 Å². The van der Waals surface area contributed by atoms with Crippen LogP contribution in [0, 0.1) is 5.82 Å². The fraction of sp³-hybridized carbons (Fsp3) is 0.350. The van der Waals surface area contributed by atoms with Crippen molar-refractivity contribution in [3.05, 3.63) is 54.3 Å². The Balaban J connectivity index is 1.89. The van der Waals surface area contributed by atoms with E-state index < -0.39 is 6.09 Å². The van der Waals surface area contributed by atoms with Crippen molar-refractivity contribution in [1.29, 1.82) is 0 Å². The van der Waals surface area contributed by atoms with Crippen LogP contribution in [0.5, 0.6) is 0 Å². The lowest BCUT2D eigenvalue weighted by Gasteiger charge is -2.26. The summed E-state index contributed by atoms with van der Waals surface area (Å²) in [5.41, 5.74) is 1.55. The van der Waals surface area contributed by atoms with Crippen molar-refractivity contribution in [3.63, 3.8) is 0 Å². The Hall–Kier alpha value is -2.40. The van der Waals surface area contributed by atoms with Crippen LogP contribution < -0.4 is 4.90 Å². The fourth-order valence-electron chi connectivity index (χ4n) is 3.56. The molecule has 5 heteroatoms.